The van der Waals surface area contributed by atoms with E-state index < -0.39 is 0 Å². The van der Waals surface area contributed by atoms with Gasteiger partial charge in [0.2, 0.25) is 0 Å². The van der Waals surface area contributed by atoms with Gasteiger partial charge in [0.1, 0.15) is 16.4 Å². The molecule has 1 amide bonds. The molecule has 0 spiro atoms. The maximum atomic E-state index is 12.2. The van der Waals surface area contributed by atoms with Crippen LogP contribution in [0.15, 0.2) is 42.6 Å². The van der Waals surface area contributed by atoms with E-state index in [2.05, 4.69) is 20.0 Å². The minimum atomic E-state index is -0.129. The van der Waals surface area contributed by atoms with Crippen molar-refractivity contribution >= 4 is 33.5 Å². The molecule has 0 aliphatic heterocycles. The van der Waals surface area contributed by atoms with Crippen molar-refractivity contribution in [3.8, 4) is 5.75 Å². The summed E-state index contributed by atoms with van der Waals surface area (Å²) in [5, 5.41) is 7.22. The van der Waals surface area contributed by atoms with Crippen LogP contribution >= 0.6 is 11.5 Å². The number of hydrogen-bond acceptors (Lipinski definition) is 6. The van der Waals surface area contributed by atoms with Crippen LogP contribution in [0.4, 0.5) is 5.82 Å². The lowest BCUT2D eigenvalue weighted by atomic mass is 10.2. The number of pyridine rings is 1. The van der Waals surface area contributed by atoms with E-state index in [0.717, 1.165) is 29.0 Å². The molecule has 0 atom stereocenters. The zero-order valence-electron chi connectivity index (χ0n) is 13.3. The van der Waals surface area contributed by atoms with Crippen LogP contribution in [0.3, 0.4) is 0 Å². The van der Waals surface area contributed by atoms with Crippen LogP contribution in [0, 0.1) is 0 Å². The Morgan fingerprint density at radius 2 is 2.08 bits per heavy atom. The Balaban J connectivity index is 1.46. The number of rotatable bonds is 7. The molecule has 0 aliphatic rings. The maximum absolute atomic E-state index is 12.2. The Labute approximate surface area is 144 Å². The molecule has 2 aromatic heterocycles. The quantitative estimate of drug-likeness (QED) is 0.646. The zero-order valence-corrected chi connectivity index (χ0v) is 14.1. The summed E-state index contributed by atoms with van der Waals surface area (Å²) in [5.74, 6) is 1.30. The molecule has 0 aliphatic carbocycles. The largest absolute Gasteiger partial charge is 0.496 e. The van der Waals surface area contributed by atoms with Crippen LogP contribution in [0.2, 0.25) is 0 Å². The van der Waals surface area contributed by atoms with Gasteiger partial charge in [-0.2, -0.15) is 4.37 Å². The number of aromatic nitrogens is 2. The molecule has 0 unspecified atom stereocenters. The number of benzene rings is 1. The summed E-state index contributed by atoms with van der Waals surface area (Å²) in [6.07, 6.45) is 2.55. The van der Waals surface area contributed by atoms with Crippen molar-refractivity contribution < 1.29 is 9.53 Å². The number of nitrogens with zero attached hydrogens (tertiary/aromatic N) is 2. The summed E-state index contributed by atoms with van der Waals surface area (Å²) >= 11 is 1.38. The van der Waals surface area contributed by atoms with E-state index in [1.807, 2.05) is 24.3 Å². The number of para-hydroxylation sites is 1. The van der Waals surface area contributed by atoms with Gasteiger partial charge in [0.25, 0.3) is 5.91 Å². The van der Waals surface area contributed by atoms with Crippen molar-refractivity contribution in [1.29, 1.82) is 0 Å². The van der Waals surface area contributed by atoms with Crippen LogP contribution in [-0.2, 0) is 0 Å². The predicted molar refractivity (Wildman–Crippen MR) is 95.8 cm³/mol. The molecule has 3 aromatic rings. The average molecular weight is 342 g/mol. The number of carbonyl (C=O) groups is 1. The van der Waals surface area contributed by atoms with E-state index in [1.165, 1.54) is 11.5 Å². The van der Waals surface area contributed by atoms with Crippen LogP contribution in [0.5, 0.6) is 5.75 Å². The highest BCUT2D eigenvalue weighted by atomic mass is 32.1. The normalized spacial score (nSPS) is 10.5. The molecule has 2 heterocycles. The summed E-state index contributed by atoms with van der Waals surface area (Å²) in [5.41, 5.74) is 0.546. The zero-order chi connectivity index (χ0) is 16.8. The Bertz CT molecular complexity index is 834. The lowest BCUT2D eigenvalue weighted by Crippen LogP contribution is -2.26. The standard InChI is InChI=1S/C17H18N4O2S/c1-23-14-8-3-2-6-12(14)16(22)19-11-5-10-18-15-13-7-4-9-20-17(13)24-21-15/h2-4,6-9H,5,10-11H2,1H3,(H,18,21)(H,19,22). The van der Waals surface area contributed by atoms with Gasteiger partial charge in [-0.1, -0.05) is 12.1 Å². The van der Waals surface area contributed by atoms with Crippen LogP contribution < -0.4 is 15.4 Å². The number of carbonyl (C=O) groups excluding carboxylic acids is 1. The van der Waals surface area contributed by atoms with E-state index in [0.29, 0.717) is 17.9 Å². The number of methoxy groups -OCH3 is 1. The third-order valence-corrected chi connectivity index (χ3v) is 4.30. The summed E-state index contributed by atoms with van der Waals surface area (Å²) in [7, 11) is 1.56. The van der Waals surface area contributed by atoms with Gasteiger partial charge in [0, 0.05) is 19.3 Å². The minimum Gasteiger partial charge on any atom is -0.496 e. The van der Waals surface area contributed by atoms with Crippen LogP contribution in [0.1, 0.15) is 16.8 Å². The molecular formula is C17H18N4O2S. The van der Waals surface area contributed by atoms with E-state index in [9.17, 15) is 4.79 Å². The molecular weight excluding hydrogens is 324 g/mol. The van der Waals surface area contributed by atoms with Crippen molar-refractivity contribution in [2.75, 3.05) is 25.5 Å². The third kappa shape index (κ3) is 3.62. The first-order chi connectivity index (χ1) is 11.8. The smallest absolute Gasteiger partial charge is 0.255 e. The Morgan fingerprint density at radius 3 is 2.96 bits per heavy atom. The lowest BCUT2D eigenvalue weighted by Gasteiger charge is -2.09. The maximum Gasteiger partial charge on any atom is 0.255 e. The molecule has 124 valence electrons. The molecule has 1 aromatic carbocycles. The number of anilines is 1. The number of hydrogen-bond donors (Lipinski definition) is 2. The second-order valence-corrected chi connectivity index (χ2v) is 5.88. The number of fused-ring (bicyclic) bond motifs is 1. The minimum absolute atomic E-state index is 0.129. The summed E-state index contributed by atoms with van der Waals surface area (Å²) < 4.78 is 9.56. The van der Waals surface area contributed by atoms with E-state index in [-0.39, 0.29) is 5.91 Å². The van der Waals surface area contributed by atoms with Gasteiger partial charge in [0.05, 0.1) is 18.1 Å². The van der Waals surface area contributed by atoms with Crippen molar-refractivity contribution in [2.24, 2.45) is 0 Å². The van der Waals surface area contributed by atoms with Crippen molar-refractivity contribution in [2.45, 2.75) is 6.42 Å². The van der Waals surface area contributed by atoms with Gasteiger partial charge in [0.15, 0.2) is 0 Å². The van der Waals surface area contributed by atoms with E-state index in [4.69, 9.17) is 4.74 Å². The van der Waals surface area contributed by atoms with Crippen molar-refractivity contribution in [3.63, 3.8) is 0 Å². The summed E-state index contributed by atoms with van der Waals surface area (Å²) in [6, 6.07) is 11.1. The first-order valence-electron chi connectivity index (χ1n) is 7.65. The molecule has 7 heteroatoms. The van der Waals surface area contributed by atoms with Gasteiger partial charge >= 0.3 is 0 Å². The Hall–Kier alpha value is -2.67. The average Bonchev–Trinajstić information content (AvgIpc) is 3.04. The second kappa shape index (κ2) is 7.74. The Kier molecular flexibility index (Phi) is 5.22. The Morgan fingerprint density at radius 1 is 1.21 bits per heavy atom. The predicted octanol–water partition coefficient (Wildman–Crippen LogP) is 2.93. The van der Waals surface area contributed by atoms with Crippen molar-refractivity contribution in [3.05, 3.63) is 48.2 Å². The third-order valence-electron chi connectivity index (χ3n) is 3.53. The number of nitrogens with one attached hydrogen (secondary N) is 2. The first kappa shape index (κ1) is 16.2. The summed E-state index contributed by atoms with van der Waals surface area (Å²) in [4.78, 5) is 17.3. The highest BCUT2D eigenvalue weighted by molar-refractivity contribution is 7.13. The van der Waals surface area contributed by atoms with E-state index >= 15 is 0 Å². The monoisotopic (exact) mass is 342 g/mol. The lowest BCUT2D eigenvalue weighted by molar-refractivity contribution is 0.0950. The molecule has 0 radical (unpaired) electrons. The molecule has 0 saturated carbocycles. The summed E-state index contributed by atoms with van der Waals surface area (Å²) in [6.45, 7) is 1.30. The highest BCUT2D eigenvalue weighted by Crippen LogP contribution is 2.24. The molecule has 0 saturated heterocycles. The highest BCUT2D eigenvalue weighted by Gasteiger charge is 2.10. The fourth-order valence-electron chi connectivity index (χ4n) is 2.33. The SMILES string of the molecule is COc1ccccc1C(=O)NCCCNc1nsc2ncccc12. The van der Waals surface area contributed by atoms with Gasteiger partial charge < -0.3 is 15.4 Å². The molecule has 0 fully saturated rings. The van der Waals surface area contributed by atoms with Gasteiger partial charge in [-0.15, -0.1) is 0 Å². The second-order valence-electron chi connectivity index (χ2n) is 5.12. The molecule has 24 heavy (non-hydrogen) atoms. The molecule has 6 nitrogen and oxygen atoms in total. The topological polar surface area (TPSA) is 76.1 Å². The fraction of sp³-hybridized carbons (Fsp3) is 0.235. The molecule has 0 bridgehead atoms. The van der Waals surface area contributed by atoms with Gasteiger partial charge in [-0.3, -0.25) is 4.79 Å². The molecule has 3 rings (SSSR count). The molecule has 2 N–H and O–H groups in total. The van der Waals surface area contributed by atoms with Crippen LogP contribution in [0.25, 0.3) is 10.2 Å². The van der Waals surface area contributed by atoms with Crippen molar-refractivity contribution in [1.82, 2.24) is 14.7 Å². The fourth-order valence-corrected chi connectivity index (χ4v) is 3.05. The van der Waals surface area contributed by atoms with Gasteiger partial charge in [-0.05, 0) is 42.2 Å². The van der Waals surface area contributed by atoms with Gasteiger partial charge in [-0.25, -0.2) is 4.98 Å². The van der Waals surface area contributed by atoms with Crippen LogP contribution in [-0.4, -0.2) is 35.5 Å². The first-order valence-corrected chi connectivity index (χ1v) is 8.42. The number of amides is 1. The number of ether oxygens (including phenoxy) is 1. The van der Waals surface area contributed by atoms with E-state index in [1.54, 1.807) is 25.4 Å².